The maximum Gasteiger partial charge on any atom is 0.306 e. The zero-order chi connectivity index (χ0) is 10.8. The van der Waals surface area contributed by atoms with Crippen molar-refractivity contribution >= 4 is 5.97 Å². The van der Waals surface area contributed by atoms with Crippen LogP contribution in [0.5, 0.6) is 0 Å². The smallest absolute Gasteiger partial charge is 0.306 e. The minimum atomic E-state index is -0.634. The van der Waals surface area contributed by atoms with Crippen molar-refractivity contribution in [2.75, 3.05) is 19.7 Å². The van der Waals surface area contributed by atoms with E-state index in [4.69, 9.17) is 9.84 Å². The molecule has 0 amide bonds. The third kappa shape index (κ3) is 2.32. The van der Waals surface area contributed by atoms with Gasteiger partial charge in [-0.1, -0.05) is 0 Å². The molecule has 4 heteroatoms. The number of ether oxygens (including phenoxy) is 1. The lowest BCUT2D eigenvalue weighted by Gasteiger charge is -2.35. The summed E-state index contributed by atoms with van der Waals surface area (Å²) in [7, 11) is 0. The topological polar surface area (TPSA) is 49.8 Å². The van der Waals surface area contributed by atoms with Crippen LogP contribution < -0.4 is 0 Å². The van der Waals surface area contributed by atoms with E-state index in [9.17, 15) is 4.79 Å². The van der Waals surface area contributed by atoms with Crippen molar-refractivity contribution in [3.8, 4) is 0 Å². The molecule has 0 bridgehead atoms. The van der Waals surface area contributed by atoms with Gasteiger partial charge in [0.15, 0.2) is 0 Å². The van der Waals surface area contributed by atoms with E-state index in [0.717, 1.165) is 39.0 Å². The average Bonchev–Trinajstić information content (AvgIpc) is 2.65. The fraction of sp³-hybridized carbons (Fsp3) is 0.909. The Kier molecular flexibility index (Phi) is 3.26. The average molecular weight is 213 g/mol. The molecule has 0 aromatic rings. The van der Waals surface area contributed by atoms with Gasteiger partial charge in [0.2, 0.25) is 0 Å². The van der Waals surface area contributed by atoms with Crippen molar-refractivity contribution in [2.45, 2.75) is 38.3 Å². The molecule has 0 radical (unpaired) electrons. The summed E-state index contributed by atoms with van der Waals surface area (Å²) in [4.78, 5) is 13.2. The molecular formula is C11H19NO3. The van der Waals surface area contributed by atoms with E-state index < -0.39 is 5.97 Å². The Morgan fingerprint density at radius 2 is 2.00 bits per heavy atom. The first-order valence-electron chi connectivity index (χ1n) is 5.77. The lowest BCUT2D eigenvalue weighted by atomic mass is 9.95. The van der Waals surface area contributed by atoms with Gasteiger partial charge in [-0.05, 0) is 39.3 Å². The zero-order valence-electron chi connectivity index (χ0n) is 9.19. The SMILES string of the molecule is CC1OCCC1N1CCC(C(=O)O)CC1. The number of nitrogens with zero attached hydrogens (tertiary/aromatic N) is 1. The molecular weight excluding hydrogens is 194 g/mol. The molecule has 4 nitrogen and oxygen atoms in total. The maximum atomic E-state index is 10.8. The molecule has 2 heterocycles. The predicted octanol–water partition coefficient (Wildman–Crippen LogP) is 0.960. The number of carbonyl (C=O) groups is 1. The van der Waals surface area contributed by atoms with Gasteiger partial charge in [-0.15, -0.1) is 0 Å². The molecule has 86 valence electrons. The number of likely N-dealkylation sites (tertiary alicyclic amines) is 1. The van der Waals surface area contributed by atoms with Crippen molar-refractivity contribution in [2.24, 2.45) is 5.92 Å². The van der Waals surface area contributed by atoms with Crippen molar-refractivity contribution < 1.29 is 14.6 Å². The van der Waals surface area contributed by atoms with Crippen molar-refractivity contribution in [1.29, 1.82) is 0 Å². The Morgan fingerprint density at radius 3 is 2.47 bits per heavy atom. The molecule has 0 saturated carbocycles. The highest BCUT2D eigenvalue weighted by Gasteiger charge is 2.33. The Bertz CT molecular complexity index is 236. The van der Waals surface area contributed by atoms with Gasteiger partial charge in [0.25, 0.3) is 0 Å². The Balaban J connectivity index is 1.85. The summed E-state index contributed by atoms with van der Waals surface area (Å²) in [6.45, 7) is 4.79. The first kappa shape index (κ1) is 10.9. The second-order valence-electron chi connectivity index (χ2n) is 4.58. The summed E-state index contributed by atoms with van der Waals surface area (Å²) in [5, 5.41) is 8.90. The minimum Gasteiger partial charge on any atom is -0.481 e. The summed E-state index contributed by atoms with van der Waals surface area (Å²) < 4.78 is 5.53. The van der Waals surface area contributed by atoms with E-state index in [1.165, 1.54) is 0 Å². The quantitative estimate of drug-likeness (QED) is 0.742. The molecule has 2 fully saturated rings. The third-order valence-corrected chi connectivity index (χ3v) is 3.68. The Morgan fingerprint density at radius 1 is 1.33 bits per heavy atom. The third-order valence-electron chi connectivity index (χ3n) is 3.68. The summed E-state index contributed by atoms with van der Waals surface area (Å²) in [6.07, 6.45) is 2.99. The van der Waals surface area contributed by atoms with Gasteiger partial charge in [0, 0.05) is 12.6 Å². The van der Waals surface area contributed by atoms with E-state index in [-0.39, 0.29) is 5.92 Å². The highest BCUT2D eigenvalue weighted by atomic mass is 16.5. The molecule has 15 heavy (non-hydrogen) atoms. The lowest BCUT2D eigenvalue weighted by Crippen LogP contribution is -2.45. The fourth-order valence-corrected chi connectivity index (χ4v) is 2.68. The van der Waals surface area contributed by atoms with Crippen LogP contribution in [0.4, 0.5) is 0 Å². The van der Waals surface area contributed by atoms with Crippen LogP contribution in [0, 0.1) is 5.92 Å². The second-order valence-corrected chi connectivity index (χ2v) is 4.58. The second kappa shape index (κ2) is 4.49. The Labute approximate surface area is 90.2 Å². The molecule has 2 unspecified atom stereocenters. The van der Waals surface area contributed by atoms with E-state index >= 15 is 0 Å². The Hall–Kier alpha value is -0.610. The lowest BCUT2D eigenvalue weighted by molar-refractivity contribution is -0.143. The van der Waals surface area contributed by atoms with Crippen molar-refractivity contribution in [3.63, 3.8) is 0 Å². The van der Waals surface area contributed by atoms with Gasteiger partial charge in [-0.25, -0.2) is 0 Å². The molecule has 2 aliphatic heterocycles. The highest BCUT2D eigenvalue weighted by Crippen LogP contribution is 2.25. The molecule has 2 saturated heterocycles. The van der Waals surface area contributed by atoms with Crippen LogP contribution in [-0.4, -0.2) is 47.8 Å². The minimum absolute atomic E-state index is 0.126. The van der Waals surface area contributed by atoms with Crippen LogP contribution in [0.25, 0.3) is 0 Å². The normalized spacial score (nSPS) is 34.5. The monoisotopic (exact) mass is 213 g/mol. The van der Waals surface area contributed by atoms with Gasteiger partial charge >= 0.3 is 5.97 Å². The van der Waals surface area contributed by atoms with E-state index in [1.807, 2.05) is 0 Å². The zero-order valence-corrected chi connectivity index (χ0v) is 9.19. The van der Waals surface area contributed by atoms with E-state index in [2.05, 4.69) is 11.8 Å². The number of hydrogen-bond acceptors (Lipinski definition) is 3. The predicted molar refractivity (Wildman–Crippen MR) is 55.8 cm³/mol. The standard InChI is InChI=1S/C11H19NO3/c1-8-10(4-7-15-8)12-5-2-9(3-6-12)11(13)14/h8-10H,2-7H2,1H3,(H,13,14). The van der Waals surface area contributed by atoms with Crippen LogP contribution in [0.15, 0.2) is 0 Å². The molecule has 2 aliphatic rings. The molecule has 0 aromatic heterocycles. The first-order chi connectivity index (χ1) is 7.18. The number of hydrogen-bond donors (Lipinski definition) is 1. The number of carboxylic acids is 1. The van der Waals surface area contributed by atoms with Crippen LogP contribution in [0.2, 0.25) is 0 Å². The van der Waals surface area contributed by atoms with Gasteiger partial charge in [0.1, 0.15) is 0 Å². The van der Waals surface area contributed by atoms with Gasteiger partial charge < -0.3 is 9.84 Å². The molecule has 2 rings (SSSR count). The highest BCUT2D eigenvalue weighted by molar-refractivity contribution is 5.70. The van der Waals surface area contributed by atoms with E-state index in [0.29, 0.717) is 12.1 Å². The van der Waals surface area contributed by atoms with Gasteiger partial charge in [0.05, 0.1) is 12.0 Å². The first-order valence-corrected chi connectivity index (χ1v) is 5.77. The van der Waals surface area contributed by atoms with Crippen molar-refractivity contribution in [3.05, 3.63) is 0 Å². The van der Waals surface area contributed by atoms with Crippen LogP contribution in [0.1, 0.15) is 26.2 Å². The number of aliphatic carboxylic acids is 1. The van der Waals surface area contributed by atoms with E-state index in [1.54, 1.807) is 0 Å². The summed E-state index contributed by atoms with van der Waals surface area (Å²) in [5.41, 5.74) is 0. The summed E-state index contributed by atoms with van der Waals surface area (Å²) in [5.74, 6) is -0.760. The maximum absolute atomic E-state index is 10.8. The van der Waals surface area contributed by atoms with Gasteiger partial charge in [-0.3, -0.25) is 9.69 Å². The van der Waals surface area contributed by atoms with Gasteiger partial charge in [-0.2, -0.15) is 0 Å². The summed E-state index contributed by atoms with van der Waals surface area (Å²) in [6, 6.07) is 0.514. The number of piperidine rings is 1. The largest absolute Gasteiger partial charge is 0.481 e. The van der Waals surface area contributed by atoms with Crippen LogP contribution >= 0.6 is 0 Å². The summed E-state index contributed by atoms with van der Waals surface area (Å²) >= 11 is 0. The molecule has 1 N–H and O–H groups in total. The number of carboxylic acid groups (broad SMARTS) is 1. The van der Waals surface area contributed by atoms with Crippen LogP contribution in [0.3, 0.4) is 0 Å². The van der Waals surface area contributed by atoms with Crippen molar-refractivity contribution in [1.82, 2.24) is 4.90 Å². The molecule has 0 spiro atoms. The van der Waals surface area contributed by atoms with Crippen LogP contribution in [-0.2, 0) is 9.53 Å². The number of rotatable bonds is 2. The fourth-order valence-electron chi connectivity index (χ4n) is 2.68. The molecule has 0 aromatic carbocycles. The molecule has 0 aliphatic carbocycles. The molecule has 2 atom stereocenters.